The lowest BCUT2D eigenvalue weighted by molar-refractivity contribution is 0.0950. The van der Waals surface area contributed by atoms with Crippen LogP contribution in [-0.4, -0.2) is 17.5 Å². The Balaban J connectivity index is 2.03. The number of rotatable bonds is 5. The zero-order valence-corrected chi connectivity index (χ0v) is 14.2. The molecule has 0 radical (unpaired) electrons. The number of benzene rings is 1. The summed E-state index contributed by atoms with van der Waals surface area (Å²) in [5, 5.41) is 2.91. The van der Waals surface area contributed by atoms with E-state index in [4.69, 9.17) is 4.74 Å². The molecule has 0 spiro atoms. The van der Waals surface area contributed by atoms with Gasteiger partial charge in [0.2, 0.25) is 5.88 Å². The average Bonchev–Trinajstić information content (AvgIpc) is 2.53. The molecular weight excluding hydrogens is 288 g/mol. The average molecular weight is 312 g/mol. The lowest BCUT2D eigenvalue weighted by Gasteiger charge is -2.19. The molecule has 0 saturated heterocycles. The van der Waals surface area contributed by atoms with Gasteiger partial charge in [-0.05, 0) is 36.1 Å². The van der Waals surface area contributed by atoms with Crippen LogP contribution in [0.2, 0.25) is 0 Å². The summed E-state index contributed by atoms with van der Waals surface area (Å²) < 4.78 is 5.47. The third kappa shape index (κ3) is 4.55. The molecule has 0 aliphatic heterocycles. The van der Waals surface area contributed by atoms with Crippen molar-refractivity contribution in [2.24, 2.45) is 0 Å². The van der Waals surface area contributed by atoms with E-state index in [0.717, 1.165) is 5.56 Å². The van der Waals surface area contributed by atoms with E-state index in [9.17, 15) is 4.79 Å². The number of amides is 1. The first-order valence-corrected chi connectivity index (χ1v) is 7.87. The van der Waals surface area contributed by atoms with Crippen molar-refractivity contribution in [3.63, 3.8) is 0 Å². The standard InChI is InChI=1S/C19H24N2O2/c1-5-23-18-15(7-6-12-20-18)13-21-17(22)14-8-10-16(11-9-14)19(2,3)4/h6-12H,5,13H2,1-4H3,(H,21,22). The topological polar surface area (TPSA) is 51.2 Å². The summed E-state index contributed by atoms with van der Waals surface area (Å²) in [5.41, 5.74) is 2.81. The molecule has 1 amide bonds. The molecule has 0 unspecified atom stereocenters. The van der Waals surface area contributed by atoms with Crippen LogP contribution in [0.25, 0.3) is 0 Å². The van der Waals surface area contributed by atoms with Gasteiger partial charge in [-0.25, -0.2) is 4.98 Å². The van der Waals surface area contributed by atoms with E-state index in [0.29, 0.717) is 24.6 Å². The van der Waals surface area contributed by atoms with Crippen LogP contribution in [0.4, 0.5) is 0 Å². The molecule has 4 nitrogen and oxygen atoms in total. The number of hydrogen-bond acceptors (Lipinski definition) is 3. The maximum atomic E-state index is 12.3. The van der Waals surface area contributed by atoms with Crippen molar-refractivity contribution in [1.29, 1.82) is 0 Å². The number of carbonyl (C=O) groups excluding carboxylic acids is 1. The molecule has 1 N–H and O–H groups in total. The van der Waals surface area contributed by atoms with E-state index in [1.54, 1.807) is 6.20 Å². The highest BCUT2D eigenvalue weighted by molar-refractivity contribution is 5.94. The van der Waals surface area contributed by atoms with Crippen LogP contribution in [0.3, 0.4) is 0 Å². The summed E-state index contributed by atoms with van der Waals surface area (Å²) in [7, 11) is 0. The van der Waals surface area contributed by atoms with Gasteiger partial charge < -0.3 is 10.1 Å². The number of aromatic nitrogens is 1. The van der Waals surface area contributed by atoms with Crippen LogP contribution >= 0.6 is 0 Å². The van der Waals surface area contributed by atoms with Gasteiger partial charge in [-0.2, -0.15) is 0 Å². The number of nitrogens with zero attached hydrogens (tertiary/aromatic N) is 1. The van der Waals surface area contributed by atoms with Gasteiger partial charge in [-0.15, -0.1) is 0 Å². The molecule has 23 heavy (non-hydrogen) atoms. The summed E-state index contributed by atoms with van der Waals surface area (Å²) in [5.74, 6) is 0.468. The minimum atomic E-state index is -0.100. The fourth-order valence-electron chi connectivity index (χ4n) is 2.22. The largest absolute Gasteiger partial charge is 0.478 e. The van der Waals surface area contributed by atoms with Gasteiger partial charge in [0.25, 0.3) is 5.91 Å². The molecule has 0 aliphatic rings. The van der Waals surface area contributed by atoms with E-state index in [-0.39, 0.29) is 11.3 Å². The first-order valence-electron chi connectivity index (χ1n) is 7.87. The summed E-state index contributed by atoms with van der Waals surface area (Å²) >= 11 is 0. The molecule has 0 aliphatic carbocycles. The Morgan fingerprint density at radius 1 is 1.17 bits per heavy atom. The first-order chi connectivity index (χ1) is 10.9. The number of carbonyl (C=O) groups is 1. The Bertz CT molecular complexity index is 658. The Labute approximate surface area is 137 Å². The van der Waals surface area contributed by atoms with Crippen LogP contribution in [0.15, 0.2) is 42.6 Å². The van der Waals surface area contributed by atoms with Gasteiger partial charge >= 0.3 is 0 Å². The molecule has 4 heteroatoms. The van der Waals surface area contributed by atoms with Crippen LogP contribution in [0.5, 0.6) is 5.88 Å². The molecule has 1 aromatic carbocycles. The fourth-order valence-corrected chi connectivity index (χ4v) is 2.22. The van der Waals surface area contributed by atoms with Crippen molar-refractivity contribution >= 4 is 5.91 Å². The molecule has 0 fully saturated rings. The molecular formula is C19H24N2O2. The lowest BCUT2D eigenvalue weighted by atomic mass is 9.87. The molecule has 2 rings (SSSR count). The van der Waals surface area contributed by atoms with Crippen LogP contribution < -0.4 is 10.1 Å². The Morgan fingerprint density at radius 2 is 1.87 bits per heavy atom. The molecule has 1 heterocycles. The normalized spacial score (nSPS) is 11.1. The van der Waals surface area contributed by atoms with Crippen molar-refractivity contribution in [2.75, 3.05) is 6.61 Å². The Hall–Kier alpha value is -2.36. The third-order valence-electron chi connectivity index (χ3n) is 3.58. The second-order valence-corrected chi connectivity index (χ2v) is 6.41. The van der Waals surface area contributed by atoms with Gasteiger partial charge in [0, 0.05) is 23.9 Å². The van der Waals surface area contributed by atoms with Gasteiger partial charge in [-0.1, -0.05) is 39.0 Å². The summed E-state index contributed by atoms with van der Waals surface area (Å²) in [4.78, 5) is 16.5. The molecule has 0 saturated carbocycles. The van der Waals surface area contributed by atoms with Crippen molar-refractivity contribution in [3.8, 4) is 5.88 Å². The molecule has 2 aromatic rings. The maximum Gasteiger partial charge on any atom is 0.251 e. The minimum Gasteiger partial charge on any atom is -0.478 e. The van der Waals surface area contributed by atoms with Gasteiger partial charge in [-0.3, -0.25) is 4.79 Å². The Kier molecular flexibility index (Phi) is 5.37. The number of ether oxygens (including phenoxy) is 1. The van der Waals surface area contributed by atoms with Crippen LogP contribution in [0.1, 0.15) is 49.2 Å². The van der Waals surface area contributed by atoms with E-state index >= 15 is 0 Å². The second kappa shape index (κ2) is 7.27. The molecule has 0 bridgehead atoms. The van der Waals surface area contributed by atoms with Crippen LogP contribution in [-0.2, 0) is 12.0 Å². The summed E-state index contributed by atoms with van der Waals surface area (Å²) in [6.45, 7) is 9.31. The highest BCUT2D eigenvalue weighted by Crippen LogP contribution is 2.22. The predicted molar refractivity (Wildman–Crippen MR) is 91.7 cm³/mol. The van der Waals surface area contributed by atoms with E-state index in [2.05, 4.69) is 31.1 Å². The monoisotopic (exact) mass is 312 g/mol. The van der Waals surface area contributed by atoms with E-state index in [1.807, 2.05) is 43.3 Å². The highest BCUT2D eigenvalue weighted by atomic mass is 16.5. The first kappa shape index (κ1) is 17.0. The van der Waals surface area contributed by atoms with Gasteiger partial charge in [0.15, 0.2) is 0 Å². The second-order valence-electron chi connectivity index (χ2n) is 6.41. The van der Waals surface area contributed by atoms with E-state index < -0.39 is 0 Å². The highest BCUT2D eigenvalue weighted by Gasteiger charge is 2.14. The zero-order valence-electron chi connectivity index (χ0n) is 14.2. The summed E-state index contributed by atoms with van der Waals surface area (Å²) in [6.07, 6.45) is 1.68. The van der Waals surface area contributed by atoms with Crippen molar-refractivity contribution in [1.82, 2.24) is 10.3 Å². The van der Waals surface area contributed by atoms with Crippen LogP contribution in [0, 0.1) is 0 Å². The molecule has 122 valence electrons. The van der Waals surface area contributed by atoms with Crippen molar-refractivity contribution in [3.05, 3.63) is 59.3 Å². The number of hydrogen-bond donors (Lipinski definition) is 1. The maximum absolute atomic E-state index is 12.3. The fraction of sp³-hybridized carbons (Fsp3) is 0.368. The lowest BCUT2D eigenvalue weighted by Crippen LogP contribution is -2.23. The third-order valence-corrected chi connectivity index (χ3v) is 3.58. The Morgan fingerprint density at radius 3 is 2.48 bits per heavy atom. The van der Waals surface area contributed by atoms with Crippen molar-refractivity contribution < 1.29 is 9.53 Å². The molecule has 1 aromatic heterocycles. The van der Waals surface area contributed by atoms with Gasteiger partial charge in [0.1, 0.15) is 0 Å². The smallest absolute Gasteiger partial charge is 0.251 e. The minimum absolute atomic E-state index is 0.0805. The summed E-state index contributed by atoms with van der Waals surface area (Å²) in [6, 6.07) is 11.5. The van der Waals surface area contributed by atoms with Crippen molar-refractivity contribution in [2.45, 2.75) is 39.7 Å². The molecule has 0 atom stereocenters. The number of pyridine rings is 1. The quantitative estimate of drug-likeness (QED) is 0.915. The van der Waals surface area contributed by atoms with Gasteiger partial charge in [0.05, 0.1) is 6.61 Å². The zero-order chi connectivity index (χ0) is 16.9. The SMILES string of the molecule is CCOc1ncccc1CNC(=O)c1ccc(C(C)(C)C)cc1. The van der Waals surface area contributed by atoms with E-state index in [1.165, 1.54) is 5.56 Å². The number of nitrogens with one attached hydrogen (secondary N) is 1. The predicted octanol–water partition coefficient (Wildman–Crippen LogP) is 3.71.